The van der Waals surface area contributed by atoms with Crippen molar-refractivity contribution in [2.24, 2.45) is 0 Å². The second-order valence-electron chi connectivity index (χ2n) is 13.4. The van der Waals surface area contributed by atoms with Gasteiger partial charge in [0.15, 0.2) is 34.5 Å². The van der Waals surface area contributed by atoms with E-state index in [0.29, 0.717) is 11.5 Å². The number of hydrogen-bond acceptors (Lipinski definition) is 9. The van der Waals surface area contributed by atoms with Gasteiger partial charge in [0.25, 0.3) is 0 Å². The highest BCUT2D eigenvalue weighted by atomic mass is 32.2. The van der Waals surface area contributed by atoms with Crippen molar-refractivity contribution in [3.05, 3.63) is 108 Å². The van der Waals surface area contributed by atoms with Gasteiger partial charge in [0.1, 0.15) is 32.2 Å². The molecule has 298 valence electrons. The molecule has 0 bridgehead atoms. The molecule has 0 aliphatic rings. The average molecular weight is 817 g/mol. The lowest BCUT2D eigenvalue weighted by Crippen LogP contribution is -2.28. The van der Waals surface area contributed by atoms with Gasteiger partial charge in [-0.15, -0.1) is 0 Å². The van der Waals surface area contributed by atoms with E-state index in [1.54, 1.807) is 18.2 Å². The molecule has 0 aliphatic heterocycles. The molecule has 17 heteroatoms. The molecular formula is C38H38F6O9S2. The van der Waals surface area contributed by atoms with Crippen LogP contribution in [0.25, 0.3) is 0 Å². The van der Waals surface area contributed by atoms with E-state index in [4.69, 9.17) is 18.9 Å². The summed E-state index contributed by atoms with van der Waals surface area (Å²) in [5.41, 5.74) is -5.07. The normalized spacial score (nSPS) is 12.3. The fourth-order valence-corrected chi connectivity index (χ4v) is 7.51. The van der Waals surface area contributed by atoms with Gasteiger partial charge in [0.05, 0.1) is 16.0 Å². The summed E-state index contributed by atoms with van der Waals surface area (Å²) in [4.78, 5) is 26.0. The Morgan fingerprint density at radius 1 is 0.618 bits per heavy atom. The number of hydrogen-bond donors (Lipinski definition) is 0. The maximum atomic E-state index is 12.4. The predicted octanol–water partition coefficient (Wildman–Crippen LogP) is 8.85. The maximum Gasteiger partial charge on any atom is 0.417 e. The molecule has 0 saturated carbocycles. The second-order valence-corrected chi connectivity index (χ2v) is 16.7. The van der Waals surface area contributed by atoms with Crippen molar-refractivity contribution in [2.45, 2.75) is 84.7 Å². The molecule has 0 atom stereocenters. The minimum Gasteiger partial charge on any atom is -0.744 e. The Hall–Kier alpha value is -4.74. The van der Waals surface area contributed by atoms with E-state index in [-0.39, 0.29) is 25.3 Å². The van der Waals surface area contributed by atoms with Gasteiger partial charge in [-0.2, -0.15) is 26.3 Å². The van der Waals surface area contributed by atoms with Crippen LogP contribution in [0, 0.1) is 0 Å². The highest BCUT2D eigenvalue weighted by Gasteiger charge is 2.40. The Morgan fingerprint density at radius 3 is 1.38 bits per heavy atom. The number of carbonyl (C=O) groups is 2. The van der Waals surface area contributed by atoms with E-state index in [1.165, 1.54) is 0 Å². The predicted molar refractivity (Wildman–Crippen MR) is 189 cm³/mol. The third-order valence-corrected chi connectivity index (χ3v) is 9.71. The zero-order valence-electron chi connectivity index (χ0n) is 30.4. The van der Waals surface area contributed by atoms with Crippen LogP contribution in [0.2, 0.25) is 0 Å². The van der Waals surface area contributed by atoms with Crippen LogP contribution in [-0.2, 0) is 52.4 Å². The zero-order chi connectivity index (χ0) is 41.4. The van der Waals surface area contributed by atoms with Crippen molar-refractivity contribution in [3.8, 4) is 11.5 Å². The van der Waals surface area contributed by atoms with Crippen molar-refractivity contribution < 1.29 is 67.8 Å². The molecule has 55 heavy (non-hydrogen) atoms. The van der Waals surface area contributed by atoms with Gasteiger partial charge in [0, 0.05) is 0 Å². The number of esters is 2. The molecule has 0 saturated heterocycles. The van der Waals surface area contributed by atoms with E-state index in [0.717, 1.165) is 14.7 Å². The molecule has 0 aromatic heterocycles. The smallest absolute Gasteiger partial charge is 0.417 e. The van der Waals surface area contributed by atoms with Crippen molar-refractivity contribution in [2.75, 3.05) is 13.2 Å². The molecular weight excluding hydrogens is 779 g/mol. The number of rotatable bonds is 10. The molecule has 0 N–H and O–H groups in total. The Labute approximate surface area is 317 Å². The minimum absolute atomic E-state index is 0.00597. The van der Waals surface area contributed by atoms with Crippen molar-refractivity contribution in [1.29, 1.82) is 0 Å². The van der Waals surface area contributed by atoms with Gasteiger partial charge in [0.2, 0.25) is 4.90 Å². The fraction of sp³-hybridized carbons (Fsp3) is 0.316. The largest absolute Gasteiger partial charge is 0.744 e. The van der Waals surface area contributed by atoms with Crippen LogP contribution in [0.3, 0.4) is 0 Å². The van der Waals surface area contributed by atoms with Crippen molar-refractivity contribution >= 4 is 33.0 Å². The molecule has 0 fully saturated rings. The van der Waals surface area contributed by atoms with E-state index in [9.17, 15) is 48.9 Å². The van der Waals surface area contributed by atoms with Gasteiger partial charge in [-0.05, 0) is 96.1 Å². The summed E-state index contributed by atoms with van der Waals surface area (Å²) in [6.07, 6.45) is -10.5. The average Bonchev–Trinajstić information content (AvgIpc) is 3.05. The standard InChI is InChI=1S/C30H35O6S.C8H4F6O3S/c1-29(2,3)35-26(31)20-33-24-18-13-19-25(34-21-27(32)36-30(4,5)6)28(24)37(22-14-9-7-10-15-22)23-16-11-8-12-17-23;9-7(10,11)4-1-2-6(18(15,16)17)5(3-4)8(12,13)14/h7-19H,20-21H2,1-6H3;1-3H,(H,15,16,17)/q+1;/p-1. The Balaban J connectivity index is 0.000000378. The van der Waals surface area contributed by atoms with Gasteiger partial charge < -0.3 is 23.5 Å². The van der Waals surface area contributed by atoms with E-state index < -0.39 is 78.6 Å². The third-order valence-electron chi connectivity index (χ3n) is 6.52. The SMILES string of the molecule is CC(C)(C)OC(=O)COc1cccc(OCC(=O)OC(C)(C)C)c1[S+](c1ccccc1)c1ccccc1.O=S(=O)([O-])c1ccc(C(F)(F)F)cc1C(F)(F)F. The van der Waals surface area contributed by atoms with Crippen LogP contribution in [-0.4, -0.2) is 49.3 Å². The first-order valence-corrected chi connectivity index (χ1v) is 18.8. The van der Waals surface area contributed by atoms with Gasteiger partial charge in [-0.1, -0.05) is 42.5 Å². The quantitative estimate of drug-likeness (QED) is 0.0668. The molecule has 4 rings (SSSR count). The Morgan fingerprint density at radius 2 is 1.04 bits per heavy atom. The lowest BCUT2D eigenvalue weighted by molar-refractivity contribution is -0.158. The Kier molecular flexibility index (Phi) is 14.5. The molecule has 4 aromatic carbocycles. The summed E-state index contributed by atoms with van der Waals surface area (Å²) < 4.78 is 128. The molecule has 0 radical (unpaired) electrons. The number of halogens is 6. The molecule has 0 aliphatic carbocycles. The molecule has 9 nitrogen and oxygen atoms in total. The first-order chi connectivity index (χ1) is 25.3. The molecule has 4 aromatic rings. The Bertz CT molecular complexity index is 1930. The number of carbonyl (C=O) groups excluding carboxylic acids is 2. The maximum absolute atomic E-state index is 12.4. The van der Waals surface area contributed by atoms with Crippen LogP contribution in [0.5, 0.6) is 11.5 Å². The summed E-state index contributed by atoms with van der Waals surface area (Å²) in [5.74, 6) is 0.00263. The molecule has 0 heterocycles. The molecule has 0 unspecified atom stereocenters. The lowest BCUT2D eigenvalue weighted by atomic mass is 10.1. The van der Waals surface area contributed by atoms with Gasteiger partial charge >= 0.3 is 24.3 Å². The number of benzene rings is 4. The highest BCUT2D eigenvalue weighted by molar-refractivity contribution is 7.97. The van der Waals surface area contributed by atoms with E-state index >= 15 is 0 Å². The van der Waals surface area contributed by atoms with Gasteiger partial charge in [-0.25, -0.2) is 18.0 Å². The van der Waals surface area contributed by atoms with Crippen LogP contribution < -0.4 is 9.47 Å². The monoisotopic (exact) mass is 816 g/mol. The summed E-state index contributed by atoms with van der Waals surface area (Å²) in [7, 11) is -6.18. The highest BCUT2D eigenvalue weighted by Crippen LogP contribution is 2.43. The number of alkyl halides is 6. The minimum atomic E-state index is -5.52. The fourth-order valence-electron chi connectivity index (χ4n) is 4.57. The van der Waals surface area contributed by atoms with Gasteiger partial charge in [-0.3, -0.25) is 0 Å². The summed E-state index contributed by atoms with van der Waals surface area (Å²) in [5, 5.41) is 0. The number of ether oxygens (including phenoxy) is 4. The van der Waals surface area contributed by atoms with Crippen LogP contribution in [0.15, 0.2) is 117 Å². The van der Waals surface area contributed by atoms with E-state index in [2.05, 4.69) is 0 Å². The summed E-state index contributed by atoms with van der Waals surface area (Å²) >= 11 is 0. The van der Waals surface area contributed by atoms with Crippen molar-refractivity contribution in [3.63, 3.8) is 0 Å². The molecule has 0 spiro atoms. The first kappa shape index (κ1) is 44.7. The van der Waals surface area contributed by atoms with Crippen LogP contribution in [0.1, 0.15) is 52.7 Å². The molecule has 0 amide bonds. The topological polar surface area (TPSA) is 128 Å². The van der Waals surface area contributed by atoms with Crippen molar-refractivity contribution in [1.82, 2.24) is 0 Å². The summed E-state index contributed by atoms with van der Waals surface area (Å²) in [6, 6.07) is 25.0. The van der Waals surface area contributed by atoms with Crippen LogP contribution in [0.4, 0.5) is 26.3 Å². The van der Waals surface area contributed by atoms with E-state index in [1.807, 2.05) is 102 Å². The summed E-state index contributed by atoms with van der Waals surface area (Å²) in [6.45, 7) is 10.3. The lowest BCUT2D eigenvalue weighted by Gasteiger charge is -2.21. The first-order valence-electron chi connectivity index (χ1n) is 16.2. The third kappa shape index (κ3) is 14.1. The zero-order valence-corrected chi connectivity index (χ0v) is 32.0. The second kappa shape index (κ2) is 17.8. The van der Waals surface area contributed by atoms with Crippen LogP contribution >= 0.6 is 0 Å².